The maximum absolute atomic E-state index is 12.5. The topological polar surface area (TPSA) is 81.9 Å². The van der Waals surface area contributed by atoms with Crippen molar-refractivity contribution in [2.24, 2.45) is 0 Å². The molecule has 0 saturated heterocycles. The number of ether oxygens (including phenoxy) is 1. The zero-order chi connectivity index (χ0) is 23.5. The molecule has 0 aliphatic heterocycles. The number of nitrogens with zero attached hydrogens (tertiary/aromatic N) is 4. The number of hydrogen-bond donors (Lipinski definition) is 1. The molecule has 0 saturated carbocycles. The van der Waals surface area contributed by atoms with Crippen molar-refractivity contribution in [3.8, 4) is 22.0 Å². The molecule has 0 unspecified atom stereocenters. The number of rotatable bonds is 7. The van der Waals surface area contributed by atoms with Crippen LogP contribution in [0.3, 0.4) is 0 Å². The lowest BCUT2D eigenvalue weighted by molar-refractivity contribution is -0.113. The van der Waals surface area contributed by atoms with Crippen LogP contribution in [0.15, 0.2) is 78.2 Å². The highest BCUT2D eigenvalue weighted by Crippen LogP contribution is 2.31. The molecule has 0 spiro atoms. The molecular formula is C25H21N5O2S2. The summed E-state index contributed by atoms with van der Waals surface area (Å²) in [7, 11) is 1.63. The second kappa shape index (κ2) is 9.66. The summed E-state index contributed by atoms with van der Waals surface area (Å²) in [4.78, 5) is 17.2. The summed E-state index contributed by atoms with van der Waals surface area (Å²) in [6.07, 6.45) is 1.63. The molecule has 0 bridgehead atoms. The van der Waals surface area contributed by atoms with Gasteiger partial charge in [0.2, 0.25) is 5.91 Å². The number of fused-ring (bicyclic) bond motifs is 1. The van der Waals surface area contributed by atoms with Crippen molar-refractivity contribution in [2.45, 2.75) is 12.1 Å². The van der Waals surface area contributed by atoms with Crippen LogP contribution in [0.2, 0.25) is 0 Å². The van der Waals surface area contributed by atoms with E-state index < -0.39 is 0 Å². The van der Waals surface area contributed by atoms with Gasteiger partial charge in [0.05, 0.1) is 23.1 Å². The molecule has 5 rings (SSSR count). The predicted molar refractivity (Wildman–Crippen MR) is 137 cm³/mol. The minimum absolute atomic E-state index is 0.113. The number of aromatic nitrogens is 4. The number of carbonyl (C=O) groups is 1. The van der Waals surface area contributed by atoms with E-state index in [9.17, 15) is 4.79 Å². The fourth-order valence-corrected chi connectivity index (χ4v) is 5.22. The fraction of sp³-hybridized carbons (Fsp3) is 0.120. The normalized spacial score (nSPS) is 11.0. The van der Waals surface area contributed by atoms with Gasteiger partial charge in [0.15, 0.2) is 5.16 Å². The van der Waals surface area contributed by atoms with Gasteiger partial charge in [-0.3, -0.25) is 9.36 Å². The van der Waals surface area contributed by atoms with Crippen LogP contribution < -0.4 is 10.1 Å². The van der Waals surface area contributed by atoms with Gasteiger partial charge in [-0.1, -0.05) is 17.8 Å². The Balaban J connectivity index is 1.21. The van der Waals surface area contributed by atoms with E-state index in [0.29, 0.717) is 5.16 Å². The molecule has 7 nitrogen and oxygen atoms in total. The molecule has 170 valence electrons. The quantitative estimate of drug-likeness (QED) is 0.301. The first-order valence-corrected chi connectivity index (χ1v) is 12.3. The third kappa shape index (κ3) is 4.80. The van der Waals surface area contributed by atoms with Gasteiger partial charge in [-0.25, -0.2) is 4.98 Å². The van der Waals surface area contributed by atoms with Crippen LogP contribution in [-0.2, 0) is 4.79 Å². The minimum Gasteiger partial charge on any atom is -0.497 e. The number of aryl methyl sites for hydroxylation is 1. The van der Waals surface area contributed by atoms with E-state index in [1.807, 2.05) is 59.2 Å². The summed E-state index contributed by atoms with van der Waals surface area (Å²) >= 11 is 3.00. The first-order valence-electron chi connectivity index (χ1n) is 10.5. The number of carbonyl (C=O) groups excluding carboxylic acids is 1. The monoisotopic (exact) mass is 487 g/mol. The lowest BCUT2D eigenvalue weighted by Crippen LogP contribution is -2.14. The number of thioether (sulfide) groups is 1. The standard InChI is InChI=1S/C25H21N5O2S2/c1-16-3-12-21-22(13-16)34-24(28-21)17-4-6-18(7-5-17)27-23(31)14-33-25-29-26-15-30(25)19-8-10-20(32-2)11-9-19/h3-13,15H,14H2,1-2H3,(H,27,31). The Morgan fingerprint density at radius 3 is 2.65 bits per heavy atom. The highest BCUT2D eigenvalue weighted by molar-refractivity contribution is 7.99. The van der Waals surface area contributed by atoms with Crippen molar-refractivity contribution in [1.82, 2.24) is 19.7 Å². The molecule has 0 atom stereocenters. The number of anilines is 1. The predicted octanol–water partition coefficient (Wildman–Crippen LogP) is 5.59. The first-order chi connectivity index (χ1) is 16.6. The van der Waals surface area contributed by atoms with Crippen molar-refractivity contribution < 1.29 is 9.53 Å². The van der Waals surface area contributed by atoms with E-state index in [0.717, 1.165) is 33.2 Å². The number of amides is 1. The molecule has 0 aliphatic carbocycles. The molecule has 9 heteroatoms. The van der Waals surface area contributed by atoms with Crippen LogP contribution in [-0.4, -0.2) is 38.5 Å². The molecule has 5 aromatic rings. The van der Waals surface area contributed by atoms with Gasteiger partial charge in [0.25, 0.3) is 0 Å². The van der Waals surface area contributed by atoms with Gasteiger partial charge in [-0.15, -0.1) is 21.5 Å². The van der Waals surface area contributed by atoms with Crippen molar-refractivity contribution >= 4 is 44.9 Å². The van der Waals surface area contributed by atoms with Gasteiger partial charge >= 0.3 is 0 Å². The largest absolute Gasteiger partial charge is 0.497 e. The zero-order valence-electron chi connectivity index (χ0n) is 18.6. The Morgan fingerprint density at radius 1 is 1.09 bits per heavy atom. The molecule has 0 fully saturated rings. The molecule has 1 N–H and O–H groups in total. The average molecular weight is 488 g/mol. The van der Waals surface area contributed by atoms with Crippen molar-refractivity contribution in [3.63, 3.8) is 0 Å². The summed E-state index contributed by atoms with van der Waals surface area (Å²) in [5.41, 5.74) is 4.89. The zero-order valence-corrected chi connectivity index (χ0v) is 20.2. The van der Waals surface area contributed by atoms with Crippen LogP contribution in [0, 0.1) is 6.92 Å². The fourth-order valence-electron chi connectivity index (χ4n) is 3.42. The second-order valence-corrected chi connectivity index (χ2v) is 9.56. The summed E-state index contributed by atoms with van der Waals surface area (Å²) in [6, 6.07) is 21.6. The molecule has 1 amide bonds. The highest BCUT2D eigenvalue weighted by Gasteiger charge is 2.12. The van der Waals surface area contributed by atoms with Crippen LogP contribution in [0.5, 0.6) is 5.75 Å². The molecule has 2 aromatic heterocycles. The van der Waals surface area contributed by atoms with E-state index in [1.165, 1.54) is 22.0 Å². The molecule has 0 radical (unpaired) electrons. The molecule has 34 heavy (non-hydrogen) atoms. The number of methoxy groups -OCH3 is 1. The van der Waals surface area contributed by atoms with Crippen LogP contribution in [0.4, 0.5) is 5.69 Å². The number of hydrogen-bond acceptors (Lipinski definition) is 7. The minimum atomic E-state index is -0.113. The van der Waals surface area contributed by atoms with Crippen molar-refractivity contribution in [1.29, 1.82) is 0 Å². The van der Waals surface area contributed by atoms with Gasteiger partial charge < -0.3 is 10.1 Å². The Hall–Kier alpha value is -3.69. The Kier molecular flexibility index (Phi) is 6.29. The van der Waals surface area contributed by atoms with E-state index in [2.05, 4.69) is 34.6 Å². The highest BCUT2D eigenvalue weighted by atomic mass is 32.2. The summed E-state index contributed by atoms with van der Waals surface area (Å²) < 4.78 is 8.21. The van der Waals surface area contributed by atoms with E-state index >= 15 is 0 Å². The van der Waals surface area contributed by atoms with Crippen molar-refractivity contribution in [2.75, 3.05) is 18.2 Å². The Bertz CT molecular complexity index is 1440. The third-order valence-corrected chi connectivity index (χ3v) is 7.17. The van der Waals surface area contributed by atoms with Crippen LogP contribution in [0.1, 0.15) is 5.56 Å². The van der Waals surface area contributed by atoms with E-state index in [1.54, 1.807) is 24.8 Å². The SMILES string of the molecule is COc1ccc(-n2cnnc2SCC(=O)Nc2ccc(-c3nc4ccc(C)cc4s3)cc2)cc1. The Labute approximate surface area is 204 Å². The molecule has 0 aliphatic rings. The lowest BCUT2D eigenvalue weighted by atomic mass is 10.2. The third-order valence-electron chi connectivity index (χ3n) is 5.16. The van der Waals surface area contributed by atoms with Gasteiger partial charge in [-0.2, -0.15) is 0 Å². The average Bonchev–Trinajstić information content (AvgIpc) is 3.50. The molecule has 3 aromatic carbocycles. The van der Waals surface area contributed by atoms with E-state index in [4.69, 9.17) is 9.72 Å². The van der Waals surface area contributed by atoms with Crippen LogP contribution in [0.25, 0.3) is 26.5 Å². The van der Waals surface area contributed by atoms with E-state index in [-0.39, 0.29) is 11.7 Å². The van der Waals surface area contributed by atoms with Crippen molar-refractivity contribution in [3.05, 3.63) is 78.6 Å². The second-order valence-electron chi connectivity index (χ2n) is 7.59. The smallest absolute Gasteiger partial charge is 0.234 e. The van der Waals surface area contributed by atoms with Gasteiger partial charge in [-0.05, 0) is 73.2 Å². The summed E-state index contributed by atoms with van der Waals surface area (Å²) in [5.74, 6) is 0.875. The number of benzene rings is 3. The van der Waals surface area contributed by atoms with Gasteiger partial charge in [0, 0.05) is 16.9 Å². The maximum atomic E-state index is 12.5. The maximum Gasteiger partial charge on any atom is 0.234 e. The molecule has 2 heterocycles. The number of nitrogens with one attached hydrogen (secondary N) is 1. The summed E-state index contributed by atoms with van der Waals surface area (Å²) in [6.45, 7) is 2.08. The number of thiazole rings is 1. The lowest BCUT2D eigenvalue weighted by Gasteiger charge is -2.08. The molecular weight excluding hydrogens is 466 g/mol. The first kappa shape index (κ1) is 22.1. The van der Waals surface area contributed by atoms with Crippen LogP contribution >= 0.6 is 23.1 Å². The summed E-state index contributed by atoms with van der Waals surface area (Å²) in [5, 5.41) is 12.7. The Morgan fingerprint density at radius 2 is 1.88 bits per heavy atom. The van der Waals surface area contributed by atoms with Gasteiger partial charge in [0.1, 0.15) is 17.1 Å².